The molecule has 268 valence electrons. The van der Waals surface area contributed by atoms with Crippen molar-refractivity contribution in [1.29, 1.82) is 0 Å². The number of fused-ring (bicyclic) bond motifs is 4. The molecule has 3 aliphatic carbocycles. The van der Waals surface area contributed by atoms with Gasteiger partial charge >= 0.3 is 23.9 Å². The normalized spacial score (nSPS) is 31.8. The minimum Gasteiger partial charge on any atom is -0.461 e. The van der Waals surface area contributed by atoms with Crippen LogP contribution in [0.15, 0.2) is 53.1 Å². The van der Waals surface area contributed by atoms with Gasteiger partial charge in [-0.2, -0.15) is 0 Å². The van der Waals surface area contributed by atoms with Gasteiger partial charge in [0, 0.05) is 33.1 Å². The Kier molecular flexibility index (Phi) is 11.3. The number of benzene rings is 1. The average molecular weight is 684 g/mol. The maximum absolute atomic E-state index is 14.5. The molecule has 12 heteroatoms. The zero-order valence-corrected chi connectivity index (χ0v) is 29.7. The first-order chi connectivity index (χ1) is 22.8. The summed E-state index contributed by atoms with van der Waals surface area (Å²) in [6.07, 6.45) is -5.76. The van der Waals surface area contributed by atoms with Gasteiger partial charge in [-0.25, -0.2) is 4.79 Å². The van der Waals surface area contributed by atoms with Crippen LogP contribution in [-0.4, -0.2) is 95.5 Å². The number of hydrogen-bond acceptors (Lipinski definition) is 12. The number of carbonyl (C=O) groups is 5. The Labute approximate surface area is 287 Å². The molecular weight excluding hydrogens is 634 g/mol. The van der Waals surface area contributed by atoms with E-state index in [9.17, 15) is 34.2 Å². The van der Waals surface area contributed by atoms with E-state index in [4.69, 9.17) is 18.9 Å². The summed E-state index contributed by atoms with van der Waals surface area (Å²) in [7, 11) is 3.45. The summed E-state index contributed by atoms with van der Waals surface area (Å²) >= 11 is 0. The average Bonchev–Trinajstić information content (AvgIpc) is 2.99. The highest BCUT2D eigenvalue weighted by molar-refractivity contribution is 5.93. The second-order valence-corrected chi connectivity index (χ2v) is 14.5. The Morgan fingerprint density at radius 3 is 2.02 bits per heavy atom. The fourth-order valence-corrected chi connectivity index (χ4v) is 8.04. The number of carbonyl (C=O) groups excluding carboxylic acids is 5. The maximum atomic E-state index is 14.5. The van der Waals surface area contributed by atoms with Crippen LogP contribution in [0.3, 0.4) is 0 Å². The SMILES string of the molecule is CC(=O)O[C@H]1C[C@H]2[C@@H](OC(C)=O)/C=C3\C[C@@](C)(C(=O)[C@H](O)C(=C1C)C2(C)C)[C@@H](OC(C)=O)C[C@@H]3OC(=O)[C@H](O)[C@H](c1ccccc1)N(C)C. The predicted octanol–water partition coefficient (Wildman–Crippen LogP) is 3.39. The third-order valence-electron chi connectivity index (χ3n) is 10.4. The first-order valence-electron chi connectivity index (χ1n) is 16.5. The zero-order valence-electron chi connectivity index (χ0n) is 29.7. The van der Waals surface area contributed by atoms with Crippen molar-refractivity contribution in [2.75, 3.05) is 14.1 Å². The van der Waals surface area contributed by atoms with Gasteiger partial charge in [0.2, 0.25) is 0 Å². The fraction of sp³-hybridized carbons (Fsp3) is 0.595. The monoisotopic (exact) mass is 683 g/mol. The molecular formula is C37H49NO11. The molecule has 2 N–H and O–H groups in total. The number of nitrogens with zero attached hydrogens (tertiary/aromatic N) is 1. The Bertz CT molecular complexity index is 1530. The molecule has 0 heterocycles. The number of aliphatic hydroxyl groups excluding tert-OH is 2. The first kappa shape index (κ1) is 37.9. The van der Waals surface area contributed by atoms with Crippen molar-refractivity contribution in [1.82, 2.24) is 4.90 Å². The number of likely N-dealkylation sites (N-methyl/N-ethyl adjacent to an activating group) is 1. The number of hydrogen-bond donors (Lipinski definition) is 2. The van der Waals surface area contributed by atoms with Gasteiger partial charge in [-0.15, -0.1) is 0 Å². The molecule has 4 bridgehead atoms. The highest BCUT2D eigenvalue weighted by Crippen LogP contribution is 2.53. The largest absolute Gasteiger partial charge is 0.461 e. The van der Waals surface area contributed by atoms with Crippen molar-refractivity contribution in [3.63, 3.8) is 0 Å². The smallest absolute Gasteiger partial charge is 0.337 e. The van der Waals surface area contributed by atoms with Gasteiger partial charge in [0.05, 0.1) is 11.5 Å². The lowest BCUT2D eigenvalue weighted by Crippen LogP contribution is -2.57. The van der Waals surface area contributed by atoms with Crippen LogP contribution < -0.4 is 0 Å². The number of rotatable bonds is 8. The van der Waals surface area contributed by atoms with Gasteiger partial charge in [-0.1, -0.05) is 44.2 Å². The third-order valence-corrected chi connectivity index (χ3v) is 10.4. The predicted molar refractivity (Wildman–Crippen MR) is 176 cm³/mol. The molecule has 0 aliphatic heterocycles. The fourth-order valence-electron chi connectivity index (χ4n) is 8.04. The van der Waals surface area contributed by atoms with E-state index in [-0.39, 0.29) is 19.3 Å². The standard InChI is InChI=1S/C37H49NO11/c1-19-26(46-20(2)39)16-25-28(47-21(3)40)15-24-18-37(7,34(44)32(42)30(19)36(25,5)6)29(48-22(4)41)17-27(24)49-35(45)33(43)31(38(8)9)23-13-11-10-12-14-23/h10-15,25-29,31-33,42-43H,16-18H2,1-9H3/b24-15+/t25-,26-,27-,28-,29-,31-,32+,33+,37+/m0/s1. The molecule has 1 aromatic rings. The maximum Gasteiger partial charge on any atom is 0.337 e. The quantitative estimate of drug-likeness (QED) is 0.233. The van der Waals surface area contributed by atoms with E-state index in [1.54, 1.807) is 63.2 Å². The van der Waals surface area contributed by atoms with Crippen molar-refractivity contribution < 1.29 is 53.1 Å². The molecule has 0 aromatic heterocycles. The van der Waals surface area contributed by atoms with E-state index in [1.807, 2.05) is 19.9 Å². The summed E-state index contributed by atoms with van der Waals surface area (Å²) in [5.74, 6) is -4.00. The Hall–Kier alpha value is -3.87. The summed E-state index contributed by atoms with van der Waals surface area (Å²) < 4.78 is 23.3. The van der Waals surface area contributed by atoms with Crippen LogP contribution in [0.1, 0.15) is 79.3 Å². The van der Waals surface area contributed by atoms with Gasteiger partial charge in [0.15, 0.2) is 11.9 Å². The summed E-state index contributed by atoms with van der Waals surface area (Å²) in [6, 6.07) is 8.22. The topological polar surface area (TPSA) is 166 Å². The number of ketones is 1. The van der Waals surface area contributed by atoms with Crippen LogP contribution in [0, 0.1) is 16.7 Å². The molecule has 0 radical (unpaired) electrons. The van der Waals surface area contributed by atoms with E-state index in [0.29, 0.717) is 22.3 Å². The molecule has 12 nitrogen and oxygen atoms in total. The molecule has 3 aliphatic rings. The lowest BCUT2D eigenvalue weighted by atomic mass is 9.57. The number of Topliss-reactive ketones (excluding diaryl/α,β-unsaturated/α-hetero) is 1. The molecule has 49 heavy (non-hydrogen) atoms. The Balaban J connectivity index is 1.88. The molecule has 9 atom stereocenters. The lowest BCUT2D eigenvalue weighted by molar-refractivity contribution is -0.174. The molecule has 1 saturated carbocycles. The minimum atomic E-state index is -1.69. The second kappa shape index (κ2) is 14.5. The molecule has 1 aromatic carbocycles. The van der Waals surface area contributed by atoms with Crippen molar-refractivity contribution in [2.24, 2.45) is 16.7 Å². The van der Waals surface area contributed by atoms with Crippen molar-refractivity contribution in [3.8, 4) is 0 Å². The van der Waals surface area contributed by atoms with Crippen molar-refractivity contribution >= 4 is 29.7 Å². The van der Waals surface area contributed by atoms with Gasteiger partial charge in [-0.05, 0) is 74.6 Å². The second-order valence-electron chi connectivity index (χ2n) is 14.5. The van der Waals surface area contributed by atoms with Gasteiger partial charge < -0.3 is 29.2 Å². The minimum absolute atomic E-state index is 0.116. The summed E-state index contributed by atoms with van der Waals surface area (Å²) in [5.41, 5.74) is -0.553. The lowest BCUT2D eigenvalue weighted by Gasteiger charge is -2.51. The van der Waals surface area contributed by atoms with E-state index in [2.05, 4.69) is 0 Å². The molecule has 0 saturated heterocycles. The highest BCUT2D eigenvalue weighted by Gasteiger charge is 2.57. The molecule has 1 fully saturated rings. The van der Waals surface area contributed by atoms with Crippen LogP contribution in [0.4, 0.5) is 0 Å². The van der Waals surface area contributed by atoms with Crippen LogP contribution in [0.25, 0.3) is 0 Å². The molecule has 0 amide bonds. The highest BCUT2D eigenvalue weighted by atomic mass is 16.6. The third kappa shape index (κ3) is 7.66. The van der Waals surface area contributed by atoms with Crippen LogP contribution >= 0.6 is 0 Å². The van der Waals surface area contributed by atoms with Crippen LogP contribution in [-0.2, 0) is 42.9 Å². The number of esters is 4. The Morgan fingerprint density at radius 1 is 0.878 bits per heavy atom. The summed E-state index contributed by atoms with van der Waals surface area (Å²) in [5, 5.41) is 23.3. The summed E-state index contributed by atoms with van der Waals surface area (Å²) in [6.45, 7) is 10.7. The molecule has 0 spiro atoms. The Morgan fingerprint density at radius 2 is 1.47 bits per heavy atom. The van der Waals surface area contributed by atoms with Crippen LogP contribution in [0.2, 0.25) is 0 Å². The molecule has 4 rings (SSSR count). The van der Waals surface area contributed by atoms with Crippen molar-refractivity contribution in [3.05, 3.63) is 58.7 Å². The zero-order chi connectivity index (χ0) is 36.6. The van der Waals surface area contributed by atoms with Gasteiger partial charge in [-0.3, -0.25) is 24.1 Å². The van der Waals surface area contributed by atoms with E-state index in [0.717, 1.165) is 0 Å². The van der Waals surface area contributed by atoms with Gasteiger partial charge in [0.25, 0.3) is 0 Å². The number of aliphatic hydroxyl groups is 2. The number of ether oxygens (including phenoxy) is 4. The van der Waals surface area contributed by atoms with E-state index < -0.39 is 89.1 Å². The summed E-state index contributed by atoms with van der Waals surface area (Å²) in [4.78, 5) is 67.1. The van der Waals surface area contributed by atoms with Gasteiger partial charge in [0.1, 0.15) is 30.5 Å². The van der Waals surface area contributed by atoms with E-state index >= 15 is 0 Å². The molecule has 0 unspecified atom stereocenters. The van der Waals surface area contributed by atoms with E-state index in [1.165, 1.54) is 20.8 Å². The van der Waals surface area contributed by atoms with Crippen LogP contribution in [0.5, 0.6) is 0 Å². The van der Waals surface area contributed by atoms with Crippen molar-refractivity contribution in [2.45, 2.75) is 110 Å². The first-order valence-corrected chi connectivity index (χ1v) is 16.5.